The lowest BCUT2D eigenvalue weighted by Crippen LogP contribution is -2.56. The molecule has 0 aliphatic carbocycles. The van der Waals surface area contributed by atoms with E-state index in [-0.39, 0.29) is 12.1 Å². The van der Waals surface area contributed by atoms with Gasteiger partial charge in [-0.25, -0.2) is 4.79 Å². The van der Waals surface area contributed by atoms with Crippen LogP contribution in [0.3, 0.4) is 0 Å². The number of urea groups is 1. The van der Waals surface area contributed by atoms with Crippen LogP contribution < -0.4 is 10.2 Å². The number of fused-ring (bicyclic) bond motifs is 1. The van der Waals surface area contributed by atoms with E-state index in [9.17, 15) is 4.79 Å². The highest BCUT2D eigenvalue weighted by Gasteiger charge is 2.28. The van der Waals surface area contributed by atoms with Crippen molar-refractivity contribution in [3.63, 3.8) is 0 Å². The van der Waals surface area contributed by atoms with Gasteiger partial charge in [0.05, 0.1) is 17.4 Å². The summed E-state index contributed by atoms with van der Waals surface area (Å²) < 4.78 is 0. The zero-order valence-corrected chi connectivity index (χ0v) is 20.8. The summed E-state index contributed by atoms with van der Waals surface area (Å²) in [6, 6.07) is 21.4. The average molecular weight is 472 g/mol. The molecule has 5 rings (SSSR count). The van der Waals surface area contributed by atoms with Gasteiger partial charge in [-0.1, -0.05) is 48.5 Å². The van der Waals surface area contributed by atoms with Crippen LogP contribution in [-0.2, 0) is 6.54 Å². The smallest absolute Gasteiger partial charge is 0.317 e. The Morgan fingerprint density at radius 3 is 2.57 bits per heavy atom. The topological polar surface area (TPSA) is 51.7 Å². The van der Waals surface area contributed by atoms with Crippen LogP contribution >= 0.6 is 0 Å². The Balaban J connectivity index is 1.04. The predicted molar refractivity (Wildman–Crippen MR) is 143 cm³/mol. The number of anilines is 1. The minimum Gasteiger partial charge on any atom is -0.366 e. The van der Waals surface area contributed by atoms with Gasteiger partial charge < -0.3 is 15.1 Å². The van der Waals surface area contributed by atoms with E-state index in [1.165, 1.54) is 18.4 Å². The van der Waals surface area contributed by atoms with Gasteiger partial charge in [0, 0.05) is 44.2 Å². The van der Waals surface area contributed by atoms with Gasteiger partial charge in [-0.15, -0.1) is 0 Å². The van der Waals surface area contributed by atoms with Crippen LogP contribution in [0, 0.1) is 5.92 Å². The van der Waals surface area contributed by atoms with Crippen molar-refractivity contribution in [3.8, 4) is 0 Å². The lowest BCUT2D eigenvalue weighted by Gasteiger charge is -2.41. The SMILES string of the molecule is C[C@@H]1CN(c2cnc3ccccc3c2)CCN1C(=O)NCCC1CCN(Cc2ccccc2)CC1. The number of nitrogens with one attached hydrogen (secondary N) is 1. The molecule has 3 aromatic rings. The Morgan fingerprint density at radius 2 is 1.77 bits per heavy atom. The summed E-state index contributed by atoms with van der Waals surface area (Å²) in [4.78, 5) is 24.4. The number of piperazine rings is 1. The van der Waals surface area contributed by atoms with Crippen molar-refractivity contribution in [3.05, 3.63) is 72.4 Å². The first kappa shape index (κ1) is 23.6. The molecular weight excluding hydrogens is 434 g/mol. The molecule has 0 unspecified atom stereocenters. The van der Waals surface area contributed by atoms with Crippen molar-refractivity contribution in [1.82, 2.24) is 20.1 Å². The number of carbonyl (C=O) groups is 1. The van der Waals surface area contributed by atoms with E-state index in [1.807, 2.05) is 29.3 Å². The molecule has 6 nitrogen and oxygen atoms in total. The summed E-state index contributed by atoms with van der Waals surface area (Å²) in [6.07, 6.45) is 5.47. The Kier molecular flexibility index (Phi) is 7.48. The largest absolute Gasteiger partial charge is 0.366 e. The molecule has 1 aromatic heterocycles. The molecule has 35 heavy (non-hydrogen) atoms. The highest BCUT2D eigenvalue weighted by atomic mass is 16.2. The second-order valence-electron chi connectivity index (χ2n) is 10.1. The molecule has 2 fully saturated rings. The fourth-order valence-corrected chi connectivity index (χ4v) is 5.49. The molecule has 6 heteroatoms. The van der Waals surface area contributed by atoms with E-state index >= 15 is 0 Å². The number of pyridine rings is 1. The van der Waals surface area contributed by atoms with Crippen molar-refractivity contribution >= 4 is 22.6 Å². The number of hydrogen-bond acceptors (Lipinski definition) is 4. The molecular formula is C29H37N5O. The van der Waals surface area contributed by atoms with E-state index in [0.29, 0.717) is 5.92 Å². The quantitative estimate of drug-likeness (QED) is 0.563. The number of aromatic nitrogens is 1. The van der Waals surface area contributed by atoms with E-state index in [4.69, 9.17) is 0 Å². The van der Waals surface area contributed by atoms with Gasteiger partial charge in [-0.3, -0.25) is 9.88 Å². The first-order valence-corrected chi connectivity index (χ1v) is 13.1. The lowest BCUT2D eigenvalue weighted by atomic mass is 9.93. The van der Waals surface area contributed by atoms with Crippen molar-refractivity contribution in [2.45, 2.75) is 38.8 Å². The number of nitrogens with zero attached hydrogens (tertiary/aromatic N) is 4. The molecule has 2 aliphatic rings. The molecule has 1 atom stereocenters. The highest BCUT2D eigenvalue weighted by molar-refractivity contribution is 5.82. The van der Waals surface area contributed by atoms with Gasteiger partial charge in [0.25, 0.3) is 0 Å². The third-order valence-electron chi connectivity index (χ3n) is 7.61. The van der Waals surface area contributed by atoms with Crippen LogP contribution in [-0.4, -0.2) is 66.1 Å². The number of piperidine rings is 1. The maximum Gasteiger partial charge on any atom is 0.317 e. The molecule has 0 bridgehead atoms. The van der Waals surface area contributed by atoms with Gasteiger partial charge in [0.1, 0.15) is 0 Å². The first-order chi connectivity index (χ1) is 17.2. The van der Waals surface area contributed by atoms with Crippen molar-refractivity contribution in [2.75, 3.05) is 44.2 Å². The number of para-hydroxylation sites is 1. The van der Waals surface area contributed by atoms with Crippen LogP contribution in [0.4, 0.5) is 10.5 Å². The molecule has 3 heterocycles. The number of likely N-dealkylation sites (tertiary alicyclic amines) is 1. The van der Waals surface area contributed by atoms with Gasteiger partial charge in [0.2, 0.25) is 0 Å². The number of amides is 2. The van der Waals surface area contributed by atoms with Crippen molar-refractivity contribution in [2.24, 2.45) is 5.92 Å². The van der Waals surface area contributed by atoms with E-state index < -0.39 is 0 Å². The Labute approximate surface area is 208 Å². The summed E-state index contributed by atoms with van der Waals surface area (Å²) in [7, 11) is 0. The Morgan fingerprint density at radius 1 is 1.00 bits per heavy atom. The minimum absolute atomic E-state index is 0.0790. The van der Waals surface area contributed by atoms with Gasteiger partial charge in [0.15, 0.2) is 0 Å². The molecule has 2 saturated heterocycles. The standard InChI is InChI=1S/C29H37N5O/c1-23-21-33(27-19-26-9-5-6-10-28(26)31-20-27)17-18-34(23)29(35)30-14-11-24-12-15-32(16-13-24)22-25-7-3-2-4-8-25/h2-10,19-20,23-24H,11-18,21-22H2,1H3,(H,30,35)/t23-/m1/s1. The maximum absolute atomic E-state index is 12.9. The van der Waals surface area contributed by atoms with Crippen LogP contribution in [0.1, 0.15) is 31.7 Å². The van der Waals surface area contributed by atoms with Crippen LogP contribution in [0.5, 0.6) is 0 Å². The predicted octanol–water partition coefficient (Wildman–Crippen LogP) is 4.76. The molecule has 0 spiro atoms. The van der Waals surface area contributed by atoms with Gasteiger partial charge >= 0.3 is 6.03 Å². The van der Waals surface area contributed by atoms with E-state index in [0.717, 1.165) is 68.8 Å². The summed E-state index contributed by atoms with van der Waals surface area (Å²) in [5, 5.41) is 4.36. The molecule has 1 N–H and O–H groups in total. The zero-order chi connectivity index (χ0) is 24.0. The summed E-state index contributed by atoms with van der Waals surface area (Å²) in [5.41, 5.74) is 3.54. The van der Waals surface area contributed by atoms with Crippen LogP contribution in [0.25, 0.3) is 10.9 Å². The number of benzene rings is 2. The normalized spacial score (nSPS) is 19.7. The summed E-state index contributed by atoms with van der Waals surface area (Å²) in [5.74, 6) is 0.706. The van der Waals surface area contributed by atoms with Gasteiger partial charge in [-0.2, -0.15) is 0 Å². The number of carbonyl (C=O) groups excluding carboxylic acids is 1. The lowest BCUT2D eigenvalue weighted by molar-refractivity contribution is 0.162. The molecule has 184 valence electrons. The monoisotopic (exact) mass is 471 g/mol. The van der Waals surface area contributed by atoms with Crippen molar-refractivity contribution in [1.29, 1.82) is 0 Å². The number of hydrogen-bond donors (Lipinski definition) is 1. The van der Waals surface area contributed by atoms with Crippen LogP contribution in [0.2, 0.25) is 0 Å². The average Bonchev–Trinajstić information content (AvgIpc) is 2.90. The van der Waals surface area contributed by atoms with E-state index in [2.05, 4.69) is 69.5 Å². The summed E-state index contributed by atoms with van der Waals surface area (Å²) >= 11 is 0. The Bertz CT molecular complexity index is 1110. The molecule has 2 amide bonds. The number of rotatable bonds is 6. The second-order valence-corrected chi connectivity index (χ2v) is 10.1. The maximum atomic E-state index is 12.9. The van der Waals surface area contributed by atoms with E-state index in [1.54, 1.807) is 0 Å². The third-order valence-corrected chi connectivity index (χ3v) is 7.61. The molecule has 0 saturated carbocycles. The zero-order valence-electron chi connectivity index (χ0n) is 20.8. The molecule has 0 radical (unpaired) electrons. The first-order valence-electron chi connectivity index (χ1n) is 13.1. The Hall–Kier alpha value is -3.12. The summed E-state index contributed by atoms with van der Waals surface area (Å²) in [6.45, 7) is 8.64. The molecule has 2 aromatic carbocycles. The third kappa shape index (κ3) is 5.93. The van der Waals surface area contributed by atoms with Crippen LogP contribution in [0.15, 0.2) is 66.9 Å². The molecule has 2 aliphatic heterocycles. The fraction of sp³-hybridized carbons (Fsp3) is 0.448. The fourth-order valence-electron chi connectivity index (χ4n) is 5.49. The highest BCUT2D eigenvalue weighted by Crippen LogP contribution is 2.24. The minimum atomic E-state index is 0.0790. The van der Waals surface area contributed by atoms with Gasteiger partial charge in [-0.05, 0) is 62.9 Å². The van der Waals surface area contributed by atoms with Crippen molar-refractivity contribution < 1.29 is 4.79 Å². The second kappa shape index (κ2) is 11.1.